The van der Waals surface area contributed by atoms with Gasteiger partial charge in [0.1, 0.15) is 0 Å². The van der Waals surface area contributed by atoms with Crippen LogP contribution in [0.4, 0.5) is 0 Å². The highest BCUT2D eigenvalue weighted by atomic mass is 15.1. The molecule has 0 bridgehead atoms. The predicted molar refractivity (Wildman–Crippen MR) is 78.8 cm³/mol. The first-order valence-corrected chi connectivity index (χ1v) is 7.97. The van der Waals surface area contributed by atoms with Gasteiger partial charge in [0.25, 0.3) is 0 Å². The van der Waals surface area contributed by atoms with Crippen LogP contribution in [0.5, 0.6) is 0 Å². The Kier molecular flexibility index (Phi) is 5.08. The molecule has 0 aromatic carbocycles. The lowest BCUT2D eigenvalue weighted by atomic mass is 9.70. The highest BCUT2D eigenvalue weighted by Crippen LogP contribution is 2.39. The largest absolute Gasteiger partial charge is 0.319 e. The van der Waals surface area contributed by atoms with Crippen LogP contribution in [0.3, 0.4) is 0 Å². The van der Waals surface area contributed by atoms with Crippen molar-refractivity contribution in [2.45, 2.75) is 51.9 Å². The summed E-state index contributed by atoms with van der Waals surface area (Å²) in [6.07, 6.45) is 10.1. The van der Waals surface area contributed by atoms with E-state index in [0.29, 0.717) is 5.41 Å². The van der Waals surface area contributed by atoms with Crippen LogP contribution >= 0.6 is 0 Å². The van der Waals surface area contributed by atoms with Crippen molar-refractivity contribution in [1.82, 2.24) is 10.2 Å². The van der Waals surface area contributed by atoms with Crippen molar-refractivity contribution in [1.29, 1.82) is 0 Å². The van der Waals surface area contributed by atoms with Crippen LogP contribution in [-0.4, -0.2) is 38.6 Å². The van der Waals surface area contributed by atoms with Gasteiger partial charge in [-0.2, -0.15) is 0 Å². The van der Waals surface area contributed by atoms with Gasteiger partial charge in [-0.05, 0) is 57.0 Å². The third-order valence-corrected chi connectivity index (χ3v) is 5.29. The lowest BCUT2D eigenvalue weighted by molar-refractivity contribution is 0.0841. The summed E-state index contributed by atoms with van der Waals surface area (Å²) in [5.41, 5.74) is 0.555. The molecular formula is C16H32N2. The average molecular weight is 252 g/mol. The number of nitrogens with one attached hydrogen (secondary N) is 1. The Morgan fingerprint density at radius 3 is 2.33 bits per heavy atom. The summed E-state index contributed by atoms with van der Waals surface area (Å²) in [4.78, 5) is 2.62. The number of rotatable bonds is 6. The van der Waals surface area contributed by atoms with Crippen molar-refractivity contribution >= 4 is 0 Å². The molecule has 0 aliphatic heterocycles. The fourth-order valence-electron chi connectivity index (χ4n) is 3.89. The second kappa shape index (κ2) is 6.38. The minimum Gasteiger partial charge on any atom is -0.319 e. The topological polar surface area (TPSA) is 15.3 Å². The van der Waals surface area contributed by atoms with Gasteiger partial charge in [0.15, 0.2) is 0 Å². The van der Waals surface area contributed by atoms with Crippen LogP contribution in [0.1, 0.15) is 51.9 Å². The Morgan fingerprint density at radius 2 is 1.83 bits per heavy atom. The zero-order chi connectivity index (χ0) is 13.0. The van der Waals surface area contributed by atoms with E-state index in [-0.39, 0.29) is 0 Å². The Labute approximate surface area is 114 Å². The van der Waals surface area contributed by atoms with Gasteiger partial charge in [-0.1, -0.05) is 26.2 Å². The maximum atomic E-state index is 3.45. The van der Waals surface area contributed by atoms with Crippen LogP contribution in [0.2, 0.25) is 0 Å². The van der Waals surface area contributed by atoms with E-state index in [2.05, 4.69) is 31.2 Å². The number of nitrogens with zero attached hydrogens (tertiary/aromatic N) is 1. The quantitative estimate of drug-likeness (QED) is 0.781. The van der Waals surface area contributed by atoms with E-state index in [4.69, 9.17) is 0 Å². The first-order valence-electron chi connectivity index (χ1n) is 7.97. The summed E-state index contributed by atoms with van der Waals surface area (Å²) in [5.74, 6) is 1.95. The van der Waals surface area contributed by atoms with Gasteiger partial charge in [0, 0.05) is 19.6 Å². The van der Waals surface area contributed by atoms with Crippen molar-refractivity contribution in [2.75, 3.05) is 33.7 Å². The van der Waals surface area contributed by atoms with Crippen LogP contribution < -0.4 is 5.32 Å². The lowest BCUT2D eigenvalue weighted by Crippen LogP contribution is -2.45. The molecule has 0 saturated heterocycles. The van der Waals surface area contributed by atoms with E-state index in [1.54, 1.807) is 0 Å². The van der Waals surface area contributed by atoms with Gasteiger partial charge < -0.3 is 10.2 Å². The summed E-state index contributed by atoms with van der Waals surface area (Å²) in [5, 5.41) is 3.45. The third kappa shape index (κ3) is 3.71. The Bertz CT molecular complexity index is 239. The molecule has 1 N–H and O–H groups in total. The molecule has 2 aliphatic rings. The van der Waals surface area contributed by atoms with Crippen LogP contribution in [0.25, 0.3) is 0 Å². The predicted octanol–water partition coefficient (Wildman–Crippen LogP) is 3.13. The molecule has 18 heavy (non-hydrogen) atoms. The second-order valence-corrected chi connectivity index (χ2v) is 7.21. The van der Waals surface area contributed by atoms with Crippen LogP contribution in [0, 0.1) is 17.3 Å². The van der Waals surface area contributed by atoms with Crippen molar-refractivity contribution in [3.8, 4) is 0 Å². The Hall–Kier alpha value is -0.0800. The zero-order valence-corrected chi connectivity index (χ0v) is 12.7. The van der Waals surface area contributed by atoms with E-state index in [1.165, 1.54) is 64.6 Å². The average Bonchev–Trinajstić information content (AvgIpc) is 2.28. The van der Waals surface area contributed by atoms with E-state index in [1.807, 2.05) is 0 Å². The van der Waals surface area contributed by atoms with E-state index < -0.39 is 0 Å². The highest BCUT2D eigenvalue weighted by Gasteiger charge is 2.35. The molecule has 0 spiro atoms. The normalized spacial score (nSPS) is 33.7. The summed E-state index contributed by atoms with van der Waals surface area (Å²) < 4.78 is 0. The van der Waals surface area contributed by atoms with E-state index in [9.17, 15) is 0 Å². The minimum atomic E-state index is 0.555. The molecule has 0 aromatic rings. The molecule has 0 atom stereocenters. The molecule has 2 fully saturated rings. The third-order valence-electron chi connectivity index (χ3n) is 5.29. The van der Waals surface area contributed by atoms with E-state index in [0.717, 1.165) is 11.8 Å². The van der Waals surface area contributed by atoms with Gasteiger partial charge in [-0.15, -0.1) is 0 Å². The Balaban J connectivity index is 1.84. The number of hydrogen-bond donors (Lipinski definition) is 1. The summed E-state index contributed by atoms with van der Waals surface area (Å²) in [6, 6.07) is 0. The van der Waals surface area contributed by atoms with Gasteiger partial charge in [-0.3, -0.25) is 0 Å². The molecule has 0 amide bonds. The molecule has 2 rings (SSSR count). The van der Waals surface area contributed by atoms with Gasteiger partial charge in [0.05, 0.1) is 0 Å². The molecule has 0 radical (unpaired) electrons. The highest BCUT2D eigenvalue weighted by molar-refractivity contribution is 4.89. The molecule has 2 saturated carbocycles. The molecule has 2 nitrogen and oxygen atoms in total. The van der Waals surface area contributed by atoms with Gasteiger partial charge in [-0.25, -0.2) is 0 Å². The van der Waals surface area contributed by atoms with Crippen molar-refractivity contribution in [2.24, 2.45) is 17.3 Å². The SMILES string of the molecule is CNCC1(CN(C)CC2CCC2)CCC(C)CC1. The minimum absolute atomic E-state index is 0.555. The monoisotopic (exact) mass is 252 g/mol. The standard InChI is InChI=1S/C16H32N2/c1-14-7-9-16(10-8-14,12-17-2)13-18(3)11-15-5-4-6-15/h14-15,17H,4-13H2,1-3H3. The summed E-state index contributed by atoms with van der Waals surface area (Å²) >= 11 is 0. The van der Waals surface area contributed by atoms with Gasteiger partial charge >= 0.3 is 0 Å². The zero-order valence-electron chi connectivity index (χ0n) is 12.7. The van der Waals surface area contributed by atoms with Crippen molar-refractivity contribution in [3.63, 3.8) is 0 Å². The second-order valence-electron chi connectivity index (χ2n) is 7.21. The maximum Gasteiger partial charge on any atom is 0.00472 e. The summed E-state index contributed by atoms with van der Waals surface area (Å²) in [6.45, 7) is 6.26. The van der Waals surface area contributed by atoms with Crippen LogP contribution in [0.15, 0.2) is 0 Å². The fraction of sp³-hybridized carbons (Fsp3) is 1.00. The molecule has 2 heteroatoms. The van der Waals surface area contributed by atoms with Crippen LogP contribution in [-0.2, 0) is 0 Å². The molecule has 0 heterocycles. The molecular weight excluding hydrogens is 220 g/mol. The lowest BCUT2D eigenvalue weighted by Gasteiger charge is -2.43. The van der Waals surface area contributed by atoms with Crippen molar-refractivity contribution in [3.05, 3.63) is 0 Å². The molecule has 0 aromatic heterocycles. The maximum absolute atomic E-state index is 3.45. The smallest absolute Gasteiger partial charge is 0.00472 e. The molecule has 106 valence electrons. The Morgan fingerprint density at radius 1 is 1.17 bits per heavy atom. The first kappa shape index (κ1) is 14.3. The molecule has 0 unspecified atom stereocenters. The van der Waals surface area contributed by atoms with Crippen molar-refractivity contribution < 1.29 is 0 Å². The fourth-order valence-corrected chi connectivity index (χ4v) is 3.89. The number of hydrogen-bond acceptors (Lipinski definition) is 2. The summed E-state index contributed by atoms with van der Waals surface area (Å²) in [7, 11) is 4.46. The van der Waals surface area contributed by atoms with Gasteiger partial charge in [0.2, 0.25) is 0 Å². The first-order chi connectivity index (χ1) is 8.63. The molecule has 2 aliphatic carbocycles. The van der Waals surface area contributed by atoms with E-state index >= 15 is 0 Å².